The van der Waals surface area contributed by atoms with Gasteiger partial charge in [-0.1, -0.05) is 39.0 Å². The van der Waals surface area contributed by atoms with Crippen LogP contribution in [0, 0.1) is 10.1 Å². The molecule has 0 atom stereocenters. The number of aromatic hydroxyl groups is 1. The second-order valence-corrected chi connectivity index (χ2v) is 8.68. The minimum atomic E-state index is -0.501. The van der Waals surface area contributed by atoms with Crippen LogP contribution in [0.15, 0.2) is 34.2 Å². The minimum absolute atomic E-state index is 0.0545. The molecule has 0 unspecified atom stereocenters. The molecule has 1 aliphatic rings. The van der Waals surface area contributed by atoms with Crippen LogP contribution in [0.4, 0.5) is 10.1 Å². The Morgan fingerprint density at radius 3 is 2.63 bits per heavy atom. The third-order valence-electron chi connectivity index (χ3n) is 3.55. The SMILES string of the molecule is CC(C)(C)c1nc(N=C2NC(=O)C(=Cc3ccccc3O)S2)sc1[N+](=O)[O-]. The Bertz CT molecular complexity index is 989. The van der Waals surface area contributed by atoms with Crippen LogP contribution >= 0.6 is 23.1 Å². The molecule has 1 saturated heterocycles. The number of thioether (sulfide) groups is 1. The summed E-state index contributed by atoms with van der Waals surface area (Å²) >= 11 is 1.95. The molecule has 0 spiro atoms. The summed E-state index contributed by atoms with van der Waals surface area (Å²) in [5.74, 6) is -0.293. The Balaban J connectivity index is 1.91. The highest BCUT2D eigenvalue weighted by molar-refractivity contribution is 8.18. The lowest BCUT2D eigenvalue weighted by atomic mass is 9.93. The third-order valence-corrected chi connectivity index (χ3v) is 5.36. The number of nitro groups is 1. The lowest BCUT2D eigenvalue weighted by molar-refractivity contribution is -0.381. The Labute approximate surface area is 163 Å². The minimum Gasteiger partial charge on any atom is -0.507 e. The van der Waals surface area contributed by atoms with Crippen molar-refractivity contribution in [2.45, 2.75) is 26.2 Å². The van der Waals surface area contributed by atoms with Gasteiger partial charge in [-0.05, 0) is 35.2 Å². The van der Waals surface area contributed by atoms with Crippen molar-refractivity contribution in [3.63, 3.8) is 0 Å². The molecule has 2 heterocycles. The van der Waals surface area contributed by atoms with E-state index in [0.29, 0.717) is 16.2 Å². The number of thiazole rings is 1. The van der Waals surface area contributed by atoms with E-state index in [4.69, 9.17) is 0 Å². The zero-order valence-corrected chi connectivity index (χ0v) is 16.3. The van der Waals surface area contributed by atoms with E-state index in [-0.39, 0.29) is 27.0 Å². The number of carbonyl (C=O) groups is 1. The smallest absolute Gasteiger partial charge is 0.349 e. The highest BCUT2D eigenvalue weighted by atomic mass is 32.2. The van der Waals surface area contributed by atoms with Crippen molar-refractivity contribution in [2.24, 2.45) is 4.99 Å². The van der Waals surface area contributed by atoms with Crippen LogP contribution in [0.2, 0.25) is 0 Å². The van der Waals surface area contributed by atoms with Gasteiger partial charge in [0.05, 0.1) is 9.83 Å². The number of benzene rings is 1. The maximum absolute atomic E-state index is 12.1. The summed E-state index contributed by atoms with van der Waals surface area (Å²) in [6, 6.07) is 6.66. The second-order valence-electron chi connectivity index (χ2n) is 6.70. The van der Waals surface area contributed by atoms with Crippen molar-refractivity contribution in [1.82, 2.24) is 10.3 Å². The topological polar surface area (TPSA) is 118 Å². The number of phenols is 1. The summed E-state index contributed by atoms with van der Waals surface area (Å²) in [6.07, 6.45) is 1.56. The summed E-state index contributed by atoms with van der Waals surface area (Å²) in [6.45, 7) is 5.52. The monoisotopic (exact) mass is 404 g/mol. The van der Waals surface area contributed by atoms with Gasteiger partial charge in [0.1, 0.15) is 11.4 Å². The number of amidine groups is 1. The maximum atomic E-state index is 12.1. The van der Waals surface area contributed by atoms with Gasteiger partial charge in [0.25, 0.3) is 5.91 Å². The van der Waals surface area contributed by atoms with Crippen molar-refractivity contribution in [3.05, 3.63) is 50.5 Å². The van der Waals surface area contributed by atoms with Gasteiger partial charge in [-0.25, -0.2) is 4.98 Å². The molecule has 140 valence electrons. The number of phenolic OH excluding ortho intramolecular Hbond substituents is 1. The summed E-state index contributed by atoms with van der Waals surface area (Å²) in [5, 5.41) is 24.2. The fourth-order valence-electron chi connectivity index (χ4n) is 2.28. The number of nitrogens with one attached hydrogen (secondary N) is 1. The molecule has 1 aromatic heterocycles. The van der Waals surface area contributed by atoms with Crippen LogP contribution < -0.4 is 5.32 Å². The second kappa shape index (κ2) is 7.12. The van der Waals surface area contributed by atoms with Crippen LogP contribution in [0.25, 0.3) is 6.08 Å². The first-order chi connectivity index (χ1) is 12.6. The van der Waals surface area contributed by atoms with Crippen molar-refractivity contribution < 1.29 is 14.8 Å². The van der Waals surface area contributed by atoms with Crippen molar-refractivity contribution in [1.29, 1.82) is 0 Å². The zero-order valence-electron chi connectivity index (χ0n) is 14.7. The summed E-state index contributed by atoms with van der Waals surface area (Å²) in [5.41, 5.74) is 0.367. The lowest BCUT2D eigenvalue weighted by Crippen LogP contribution is -2.19. The van der Waals surface area contributed by atoms with E-state index < -0.39 is 10.3 Å². The van der Waals surface area contributed by atoms with E-state index in [0.717, 1.165) is 23.1 Å². The van der Waals surface area contributed by atoms with Crippen molar-refractivity contribution in [3.8, 4) is 5.75 Å². The van der Waals surface area contributed by atoms with Crippen LogP contribution in [0.3, 0.4) is 0 Å². The van der Waals surface area contributed by atoms with Crippen molar-refractivity contribution >= 4 is 50.4 Å². The molecule has 1 fully saturated rings. The molecule has 8 nitrogen and oxygen atoms in total. The number of para-hydroxylation sites is 1. The maximum Gasteiger partial charge on any atom is 0.349 e. The van der Waals surface area contributed by atoms with E-state index in [1.165, 1.54) is 6.07 Å². The molecule has 3 rings (SSSR count). The largest absolute Gasteiger partial charge is 0.507 e. The average molecular weight is 404 g/mol. The summed E-state index contributed by atoms with van der Waals surface area (Å²) in [7, 11) is 0. The first kappa shape index (κ1) is 19.1. The third kappa shape index (κ3) is 4.17. The Kier molecular flexibility index (Phi) is 5.03. The molecule has 2 N–H and O–H groups in total. The molecule has 0 radical (unpaired) electrons. The Morgan fingerprint density at radius 1 is 1.33 bits per heavy atom. The number of aromatic nitrogens is 1. The first-order valence-corrected chi connectivity index (χ1v) is 9.52. The molecular weight excluding hydrogens is 388 g/mol. The van der Waals surface area contributed by atoms with Gasteiger partial charge in [-0.3, -0.25) is 14.9 Å². The van der Waals surface area contributed by atoms with E-state index in [1.807, 2.05) is 20.8 Å². The predicted molar refractivity (Wildman–Crippen MR) is 106 cm³/mol. The Hall–Kier alpha value is -2.72. The quantitative estimate of drug-likeness (QED) is 0.454. The highest BCUT2D eigenvalue weighted by Crippen LogP contribution is 2.40. The number of amides is 1. The zero-order chi connectivity index (χ0) is 19.8. The fourth-order valence-corrected chi connectivity index (χ4v) is 4.12. The molecule has 0 aliphatic carbocycles. The lowest BCUT2D eigenvalue weighted by Gasteiger charge is -2.13. The molecule has 1 aromatic carbocycles. The number of carbonyl (C=O) groups excluding carboxylic acids is 1. The normalized spacial score (nSPS) is 17.5. The van der Waals surface area contributed by atoms with Crippen LogP contribution in [-0.4, -0.2) is 26.1 Å². The number of hydrogen-bond acceptors (Lipinski definition) is 8. The number of aliphatic imine (C=N–C) groups is 1. The van der Waals surface area contributed by atoms with E-state index in [9.17, 15) is 20.0 Å². The van der Waals surface area contributed by atoms with Crippen LogP contribution in [-0.2, 0) is 10.2 Å². The van der Waals surface area contributed by atoms with Gasteiger partial charge in [-0.15, -0.1) is 0 Å². The first-order valence-electron chi connectivity index (χ1n) is 7.88. The van der Waals surface area contributed by atoms with Crippen LogP contribution in [0.5, 0.6) is 5.75 Å². The number of rotatable bonds is 3. The van der Waals surface area contributed by atoms with Crippen LogP contribution in [0.1, 0.15) is 32.0 Å². The molecule has 1 amide bonds. The summed E-state index contributed by atoms with van der Waals surface area (Å²) < 4.78 is 0. The van der Waals surface area contributed by atoms with E-state index >= 15 is 0 Å². The van der Waals surface area contributed by atoms with E-state index in [1.54, 1.807) is 24.3 Å². The van der Waals surface area contributed by atoms with Gasteiger partial charge in [0.2, 0.25) is 5.13 Å². The van der Waals surface area contributed by atoms with Gasteiger partial charge >= 0.3 is 5.00 Å². The average Bonchev–Trinajstić information content (AvgIpc) is 3.14. The van der Waals surface area contributed by atoms with Crippen molar-refractivity contribution in [2.75, 3.05) is 0 Å². The number of nitrogens with zero attached hydrogens (tertiary/aromatic N) is 3. The Morgan fingerprint density at radius 2 is 2.04 bits per heavy atom. The van der Waals surface area contributed by atoms with Gasteiger partial charge in [-0.2, -0.15) is 4.99 Å². The molecule has 27 heavy (non-hydrogen) atoms. The molecule has 2 aromatic rings. The molecule has 0 bridgehead atoms. The van der Waals surface area contributed by atoms with Gasteiger partial charge in [0, 0.05) is 11.0 Å². The molecule has 10 heteroatoms. The standard InChI is InChI=1S/C17H16N4O4S2/c1-17(2,3)12-14(21(24)25)27-15(18-12)20-16-19-13(23)11(26-16)8-9-6-4-5-7-10(9)22/h4-8,22H,1-3H3,(H,18,19,20,23). The van der Waals surface area contributed by atoms with Gasteiger partial charge in [0.15, 0.2) is 5.17 Å². The molecular formula is C17H16N4O4S2. The highest BCUT2D eigenvalue weighted by Gasteiger charge is 2.31. The summed E-state index contributed by atoms with van der Waals surface area (Å²) in [4.78, 5) is 31.8. The number of hydrogen-bond donors (Lipinski definition) is 2. The van der Waals surface area contributed by atoms with E-state index in [2.05, 4.69) is 15.3 Å². The molecule has 0 saturated carbocycles. The fraction of sp³-hybridized carbons (Fsp3) is 0.235. The molecule has 1 aliphatic heterocycles. The van der Waals surface area contributed by atoms with Gasteiger partial charge < -0.3 is 10.4 Å². The predicted octanol–water partition coefficient (Wildman–Crippen LogP) is 3.95.